The second kappa shape index (κ2) is 6.29. The van der Waals surface area contributed by atoms with Crippen molar-refractivity contribution in [1.29, 1.82) is 0 Å². The molecule has 0 aromatic heterocycles. The van der Waals surface area contributed by atoms with Crippen LogP contribution in [0, 0.1) is 0 Å². The van der Waals surface area contributed by atoms with Crippen LogP contribution in [0.25, 0.3) is 0 Å². The van der Waals surface area contributed by atoms with Crippen LogP contribution in [0.5, 0.6) is 0 Å². The number of nitrogens with one attached hydrogen (secondary N) is 1. The third-order valence-corrected chi connectivity index (χ3v) is 3.09. The van der Waals surface area contributed by atoms with Gasteiger partial charge in [0, 0.05) is 18.8 Å². The summed E-state index contributed by atoms with van der Waals surface area (Å²) in [4.78, 5) is 17.9. The minimum absolute atomic E-state index is 0.119. The molecule has 1 aromatic rings. The molecule has 20 heavy (non-hydrogen) atoms. The Bertz CT molecular complexity index is 549. The van der Waals surface area contributed by atoms with E-state index in [0.717, 1.165) is 12.2 Å². The molecule has 0 unspecified atom stereocenters. The minimum atomic E-state index is -0.276. The SMILES string of the molecule is CCN(CCO)c1ccc(N=C2C(=O)NN=C2C)cc1. The predicted molar refractivity (Wildman–Crippen MR) is 79.8 cm³/mol. The third kappa shape index (κ3) is 3.03. The van der Waals surface area contributed by atoms with Gasteiger partial charge in [0.05, 0.1) is 18.0 Å². The molecule has 2 N–H and O–H groups in total. The van der Waals surface area contributed by atoms with Gasteiger partial charge in [0.1, 0.15) is 0 Å². The number of aliphatic hydroxyl groups is 1. The Morgan fingerprint density at radius 2 is 2.05 bits per heavy atom. The lowest BCUT2D eigenvalue weighted by Crippen LogP contribution is -2.25. The van der Waals surface area contributed by atoms with Crippen LogP contribution in [0.3, 0.4) is 0 Å². The van der Waals surface area contributed by atoms with Crippen molar-refractivity contribution in [3.8, 4) is 0 Å². The van der Waals surface area contributed by atoms with Gasteiger partial charge in [-0.1, -0.05) is 0 Å². The van der Waals surface area contributed by atoms with Gasteiger partial charge < -0.3 is 10.0 Å². The highest BCUT2D eigenvalue weighted by molar-refractivity contribution is 6.68. The zero-order chi connectivity index (χ0) is 14.5. The topological polar surface area (TPSA) is 77.3 Å². The highest BCUT2D eigenvalue weighted by atomic mass is 16.3. The highest BCUT2D eigenvalue weighted by Crippen LogP contribution is 2.20. The largest absolute Gasteiger partial charge is 0.395 e. The summed E-state index contributed by atoms with van der Waals surface area (Å²) in [6, 6.07) is 7.55. The molecule has 0 spiro atoms. The number of nitrogens with zero attached hydrogens (tertiary/aromatic N) is 3. The van der Waals surface area contributed by atoms with Gasteiger partial charge in [-0.2, -0.15) is 5.10 Å². The molecule has 6 heteroatoms. The van der Waals surface area contributed by atoms with Crippen molar-refractivity contribution in [2.24, 2.45) is 10.1 Å². The lowest BCUT2D eigenvalue weighted by atomic mass is 10.2. The monoisotopic (exact) mass is 274 g/mol. The summed E-state index contributed by atoms with van der Waals surface area (Å²) in [6.07, 6.45) is 0. The Morgan fingerprint density at radius 3 is 2.55 bits per heavy atom. The van der Waals surface area contributed by atoms with Gasteiger partial charge >= 0.3 is 0 Å². The smallest absolute Gasteiger partial charge is 0.291 e. The molecule has 0 saturated heterocycles. The molecule has 0 atom stereocenters. The van der Waals surface area contributed by atoms with Gasteiger partial charge in [-0.25, -0.2) is 10.4 Å². The van der Waals surface area contributed by atoms with E-state index in [-0.39, 0.29) is 12.5 Å². The molecule has 2 rings (SSSR count). The molecule has 0 radical (unpaired) electrons. The van der Waals surface area contributed by atoms with Crippen molar-refractivity contribution in [3.05, 3.63) is 24.3 Å². The fourth-order valence-electron chi connectivity index (χ4n) is 1.99. The van der Waals surface area contributed by atoms with E-state index in [1.165, 1.54) is 0 Å². The van der Waals surface area contributed by atoms with Crippen LogP contribution >= 0.6 is 0 Å². The standard InChI is InChI=1S/C14H18N4O2/c1-3-18(8-9-19)12-6-4-11(5-7-12)15-13-10(2)16-17-14(13)20/h4-7,19H,3,8-9H2,1-2H3,(H,15,17,20). The van der Waals surface area contributed by atoms with E-state index in [1.807, 2.05) is 31.2 Å². The molecule has 1 aliphatic heterocycles. The van der Waals surface area contributed by atoms with Crippen LogP contribution < -0.4 is 10.3 Å². The van der Waals surface area contributed by atoms with Crippen molar-refractivity contribution >= 4 is 28.7 Å². The Kier molecular flexibility index (Phi) is 4.47. The predicted octanol–water partition coefficient (Wildman–Crippen LogP) is 1.08. The average Bonchev–Trinajstić information content (AvgIpc) is 2.77. The molecular weight excluding hydrogens is 256 g/mol. The maximum atomic E-state index is 11.5. The Morgan fingerprint density at radius 1 is 1.35 bits per heavy atom. The van der Waals surface area contributed by atoms with Crippen LogP contribution in [0.2, 0.25) is 0 Å². The second-order valence-corrected chi connectivity index (χ2v) is 4.42. The quantitative estimate of drug-likeness (QED) is 0.843. The van der Waals surface area contributed by atoms with Crippen LogP contribution in [-0.4, -0.2) is 42.1 Å². The van der Waals surface area contributed by atoms with E-state index in [4.69, 9.17) is 5.11 Å². The van der Waals surface area contributed by atoms with Crippen molar-refractivity contribution in [2.75, 3.05) is 24.6 Å². The van der Waals surface area contributed by atoms with Crippen molar-refractivity contribution < 1.29 is 9.90 Å². The Hall–Kier alpha value is -2.21. The summed E-state index contributed by atoms with van der Waals surface area (Å²) in [5, 5.41) is 12.8. The summed E-state index contributed by atoms with van der Waals surface area (Å²) in [6.45, 7) is 5.31. The molecule has 1 aromatic carbocycles. The summed E-state index contributed by atoms with van der Waals surface area (Å²) in [5.74, 6) is -0.276. The zero-order valence-corrected chi connectivity index (χ0v) is 11.6. The number of hydrogen-bond donors (Lipinski definition) is 2. The number of anilines is 1. The van der Waals surface area contributed by atoms with E-state index >= 15 is 0 Å². The van der Waals surface area contributed by atoms with Gasteiger partial charge in [0.25, 0.3) is 5.91 Å². The van der Waals surface area contributed by atoms with Crippen molar-refractivity contribution in [1.82, 2.24) is 5.43 Å². The number of carbonyl (C=O) groups is 1. The first-order valence-corrected chi connectivity index (χ1v) is 6.55. The van der Waals surface area contributed by atoms with Crippen LogP contribution in [0.4, 0.5) is 11.4 Å². The highest BCUT2D eigenvalue weighted by Gasteiger charge is 2.20. The number of aliphatic hydroxyl groups excluding tert-OH is 1. The average molecular weight is 274 g/mol. The molecule has 1 amide bonds. The molecule has 0 bridgehead atoms. The number of rotatable bonds is 5. The van der Waals surface area contributed by atoms with Gasteiger partial charge in [-0.05, 0) is 38.1 Å². The molecule has 0 fully saturated rings. The number of hydrogen-bond acceptors (Lipinski definition) is 5. The van der Waals surface area contributed by atoms with Crippen molar-refractivity contribution in [3.63, 3.8) is 0 Å². The van der Waals surface area contributed by atoms with E-state index < -0.39 is 0 Å². The first-order chi connectivity index (χ1) is 9.65. The number of amides is 1. The fourth-order valence-corrected chi connectivity index (χ4v) is 1.99. The molecule has 1 heterocycles. The van der Waals surface area contributed by atoms with E-state index in [9.17, 15) is 4.79 Å². The first kappa shape index (κ1) is 14.2. The number of carbonyl (C=O) groups excluding carboxylic acids is 1. The second-order valence-electron chi connectivity index (χ2n) is 4.42. The maximum Gasteiger partial charge on any atom is 0.291 e. The van der Waals surface area contributed by atoms with E-state index in [1.54, 1.807) is 6.92 Å². The third-order valence-electron chi connectivity index (χ3n) is 3.09. The van der Waals surface area contributed by atoms with E-state index in [0.29, 0.717) is 23.7 Å². The number of benzene rings is 1. The zero-order valence-electron chi connectivity index (χ0n) is 11.6. The summed E-state index contributed by atoms with van der Waals surface area (Å²) in [5.41, 5.74) is 5.04. The molecule has 106 valence electrons. The molecular formula is C14H18N4O2. The van der Waals surface area contributed by atoms with Gasteiger partial charge in [0.2, 0.25) is 0 Å². The Balaban J connectivity index is 2.18. The summed E-state index contributed by atoms with van der Waals surface area (Å²) < 4.78 is 0. The minimum Gasteiger partial charge on any atom is -0.395 e. The molecule has 0 saturated carbocycles. The van der Waals surface area contributed by atoms with Crippen molar-refractivity contribution in [2.45, 2.75) is 13.8 Å². The van der Waals surface area contributed by atoms with Gasteiger partial charge in [0.15, 0.2) is 5.71 Å². The number of aliphatic imine (C=N–C) groups is 1. The fraction of sp³-hybridized carbons (Fsp3) is 0.357. The van der Waals surface area contributed by atoms with Crippen LogP contribution in [-0.2, 0) is 4.79 Å². The molecule has 6 nitrogen and oxygen atoms in total. The summed E-state index contributed by atoms with van der Waals surface area (Å²) >= 11 is 0. The van der Waals surface area contributed by atoms with Gasteiger partial charge in [-0.15, -0.1) is 0 Å². The molecule has 0 aliphatic carbocycles. The molecule has 1 aliphatic rings. The van der Waals surface area contributed by atoms with Crippen LogP contribution in [0.15, 0.2) is 34.4 Å². The summed E-state index contributed by atoms with van der Waals surface area (Å²) in [7, 11) is 0. The lowest BCUT2D eigenvalue weighted by Gasteiger charge is -2.21. The number of hydrazone groups is 1. The number of likely N-dealkylation sites (N-methyl/N-ethyl adjacent to an activating group) is 1. The first-order valence-electron chi connectivity index (χ1n) is 6.55. The lowest BCUT2D eigenvalue weighted by molar-refractivity contribution is -0.114. The van der Waals surface area contributed by atoms with Crippen LogP contribution in [0.1, 0.15) is 13.8 Å². The van der Waals surface area contributed by atoms with Gasteiger partial charge in [-0.3, -0.25) is 4.79 Å². The normalized spacial score (nSPS) is 16.2. The van der Waals surface area contributed by atoms with E-state index in [2.05, 4.69) is 20.4 Å². The maximum absolute atomic E-state index is 11.5. The Labute approximate surface area is 117 Å².